The lowest BCUT2D eigenvalue weighted by Gasteiger charge is -2.04. The Balaban J connectivity index is 1.21. The third kappa shape index (κ3) is 4.60. The van der Waals surface area contributed by atoms with Crippen molar-refractivity contribution in [3.63, 3.8) is 0 Å². The minimum Gasteiger partial charge on any atom is -0.341 e. The van der Waals surface area contributed by atoms with E-state index in [4.69, 9.17) is 9.97 Å². The van der Waals surface area contributed by atoms with Gasteiger partial charge in [0.15, 0.2) is 5.16 Å². The summed E-state index contributed by atoms with van der Waals surface area (Å²) in [6.45, 7) is 6.30. The van der Waals surface area contributed by atoms with Gasteiger partial charge in [0.25, 0.3) is 0 Å². The molecule has 0 fully saturated rings. The Morgan fingerprint density at radius 2 is 1.00 bits per heavy atom. The number of fused-ring (bicyclic) bond motifs is 6. The van der Waals surface area contributed by atoms with Crippen molar-refractivity contribution in [2.45, 2.75) is 32.1 Å². The van der Waals surface area contributed by atoms with Gasteiger partial charge >= 0.3 is 0 Å². The Labute approximate surface area is 250 Å². The minimum atomic E-state index is 0.764. The van der Waals surface area contributed by atoms with Gasteiger partial charge in [-0.2, -0.15) is 0 Å². The fourth-order valence-electron chi connectivity index (χ4n) is 6.12. The smallest absolute Gasteiger partial charge is 0.188 e. The second-order valence-corrected chi connectivity index (χ2v) is 11.2. The Morgan fingerprint density at radius 1 is 0.548 bits per heavy atom. The highest BCUT2D eigenvalue weighted by atomic mass is 32.2. The van der Waals surface area contributed by atoms with Crippen molar-refractivity contribution in [1.29, 1.82) is 0 Å². The molecule has 0 bridgehead atoms. The van der Waals surface area contributed by atoms with E-state index < -0.39 is 0 Å². The van der Waals surface area contributed by atoms with Crippen molar-refractivity contribution in [2.24, 2.45) is 0 Å². The molecule has 0 atom stereocenters. The summed E-state index contributed by atoms with van der Waals surface area (Å²) < 4.78 is 4.76. The number of aryl methyl sites for hydroxylation is 2. The number of hydrogen-bond donors (Lipinski definition) is 0. The minimum absolute atomic E-state index is 0.764. The Morgan fingerprint density at radius 3 is 1.45 bits per heavy atom. The third-order valence-electron chi connectivity index (χ3n) is 8.05. The van der Waals surface area contributed by atoms with Gasteiger partial charge in [-0.3, -0.25) is 0 Å². The fourth-order valence-corrected chi connectivity index (χ4v) is 6.51. The molecule has 0 N–H and O–H groups in total. The molecule has 0 aliphatic rings. The molecule has 0 amide bonds. The highest BCUT2D eigenvalue weighted by molar-refractivity contribution is 7.98. The highest BCUT2D eigenvalue weighted by Gasteiger charge is 2.10. The van der Waals surface area contributed by atoms with E-state index in [1.165, 1.54) is 43.6 Å². The van der Waals surface area contributed by atoms with Gasteiger partial charge in [-0.05, 0) is 85.8 Å². The molecule has 0 aliphatic carbocycles. The van der Waals surface area contributed by atoms with Crippen LogP contribution in [0.3, 0.4) is 0 Å². The zero-order valence-electron chi connectivity index (χ0n) is 24.1. The van der Waals surface area contributed by atoms with E-state index in [1.807, 2.05) is 6.26 Å². The summed E-state index contributed by atoms with van der Waals surface area (Å²) >= 11 is 1.56. The average molecular weight is 565 g/mol. The van der Waals surface area contributed by atoms with E-state index in [1.54, 1.807) is 11.8 Å². The molecule has 5 heteroatoms. The van der Waals surface area contributed by atoms with Gasteiger partial charge in [-0.15, -0.1) is 0 Å². The van der Waals surface area contributed by atoms with E-state index in [0.717, 1.165) is 40.8 Å². The normalized spacial score (nSPS) is 12.3. The summed E-state index contributed by atoms with van der Waals surface area (Å²) in [4.78, 5) is 9.53. The van der Waals surface area contributed by atoms with Crippen LogP contribution in [0, 0.1) is 0 Å². The zero-order chi connectivity index (χ0) is 28.6. The number of benzene rings is 4. The van der Waals surface area contributed by atoms with Crippen LogP contribution in [0.1, 0.15) is 36.4 Å². The molecule has 3 heterocycles. The highest BCUT2D eigenvalue weighted by Crippen LogP contribution is 2.31. The van der Waals surface area contributed by atoms with Crippen LogP contribution in [-0.2, 0) is 13.1 Å². The molecule has 4 aromatic carbocycles. The van der Waals surface area contributed by atoms with E-state index in [9.17, 15) is 0 Å². The van der Waals surface area contributed by atoms with E-state index in [0.29, 0.717) is 0 Å². The van der Waals surface area contributed by atoms with E-state index in [-0.39, 0.29) is 0 Å². The quantitative estimate of drug-likeness (QED) is 0.143. The second-order valence-electron chi connectivity index (χ2n) is 10.4. The van der Waals surface area contributed by atoms with Gasteiger partial charge in [0.1, 0.15) is 0 Å². The van der Waals surface area contributed by atoms with Crippen LogP contribution in [0.4, 0.5) is 0 Å². The van der Waals surface area contributed by atoms with Crippen LogP contribution >= 0.6 is 11.8 Å². The predicted octanol–water partition coefficient (Wildman–Crippen LogP) is 9.79. The lowest BCUT2D eigenvalue weighted by atomic mass is 10.1. The molecular weight excluding hydrogens is 533 g/mol. The van der Waals surface area contributed by atoms with Gasteiger partial charge < -0.3 is 9.13 Å². The molecule has 0 unspecified atom stereocenters. The molecule has 7 aromatic rings. The fraction of sp³-hybridized carbons (Fsp3) is 0.135. The maximum atomic E-state index is 4.76. The molecule has 0 radical (unpaired) electrons. The Hall–Kier alpha value is -4.61. The van der Waals surface area contributed by atoms with Crippen molar-refractivity contribution in [3.8, 4) is 0 Å². The molecular formula is C37H32N4S. The number of hydrogen-bond acceptors (Lipinski definition) is 3. The number of aromatic nitrogens is 4. The van der Waals surface area contributed by atoms with Crippen molar-refractivity contribution in [3.05, 3.63) is 114 Å². The van der Waals surface area contributed by atoms with Crippen molar-refractivity contribution >= 4 is 79.7 Å². The Bertz CT molecular complexity index is 2010. The first-order valence-electron chi connectivity index (χ1n) is 14.5. The Kier molecular flexibility index (Phi) is 6.88. The number of thioether (sulfide) groups is 1. The van der Waals surface area contributed by atoms with Crippen molar-refractivity contribution < 1.29 is 0 Å². The van der Waals surface area contributed by atoms with Crippen LogP contribution in [0.5, 0.6) is 0 Å². The van der Waals surface area contributed by atoms with Gasteiger partial charge in [-0.25, -0.2) is 9.97 Å². The maximum absolute atomic E-state index is 4.76. The first-order chi connectivity index (χ1) is 20.7. The summed E-state index contributed by atoms with van der Waals surface area (Å²) in [5.74, 6) is 0. The number of nitrogens with zero attached hydrogens (tertiary/aromatic N) is 4. The summed E-state index contributed by atoms with van der Waals surface area (Å²) in [5.41, 5.74) is 9.20. The molecule has 7 rings (SSSR count). The average Bonchev–Trinajstić information content (AvgIpc) is 3.54. The van der Waals surface area contributed by atoms with Crippen LogP contribution in [0.15, 0.2) is 96.2 Å². The monoisotopic (exact) mass is 564 g/mol. The number of rotatable bonds is 7. The van der Waals surface area contributed by atoms with Gasteiger partial charge in [0.2, 0.25) is 0 Å². The van der Waals surface area contributed by atoms with Crippen molar-refractivity contribution in [1.82, 2.24) is 19.1 Å². The van der Waals surface area contributed by atoms with E-state index in [2.05, 4.69) is 138 Å². The zero-order valence-corrected chi connectivity index (χ0v) is 24.9. The summed E-state index contributed by atoms with van der Waals surface area (Å²) in [6, 6.07) is 32.7. The largest absolute Gasteiger partial charge is 0.341 e. The van der Waals surface area contributed by atoms with Gasteiger partial charge in [-0.1, -0.05) is 72.4 Å². The SMILES string of the molecule is CCn1c2ccccc2c2cc(/C=C/c3cc(/C=C/c4ccc5c(c4)c4ccccc4n5CC)nc(SC)n3)ccc21. The lowest BCUT2D eigenvalue weighted by molar-refractivity contribution is 0.827. The molecule has 3 aromatic heterocycles. The van der Waals surface area contributed by atoms with Crippen LogP contribution in [0.2, 0.25) is 0 Å². The third-order valence-corrected chi connectivity index (χ3v) is 8.59. The van der Waals surface area contributed by atoms with Crippen molar-refractivity contribution in [2.75, 3.05) is 6.26 Å². The maximum Gasteiger partial charge on any atom is 0.188 e. The molecule has 4 nitrogen and oxygen atoms in total. The molecule has 0 saturated heterocycles. The van der Waals surface area contributed by atoms with Gasteiger partial charge in [0.05, 0.1) is 11.4 Å². The number of para-hydroxylation sites is 2. The molecule has 42 heavy (non-hydrogen) atoms. The van der Waals surface area contributed by atoms with Crippen LogP contribution in [0.25, 0.3) is 67.9 Å². The molecule has 0 aliphatic heterocycles. The van der Waals surface area contributed by atoms with Gasteiger partial charge in [0, 0.05) is 56.7 Å². The molecule has 0 spiro atoms. The molecule has 206 valence electrons. The molecule has 0 saturated carbocycles. The van der Waals surface area contributed by atoms with Crippen LogP contribution in [-0.4, -0.2) is 25.4 Å². The topological polar surface area (TPSA) is 35.6 Å². The standard InChI is InChI=1S/C37H32N4S/c1-4-40-33-12-8-6-10-29(33)31-22-25(16-20-35(31)40)14-18-27-24-28(39-37(38-27)42-3)19-15-26-17-21-36-32(23-26)30-11-7-9-13-34(30)41(36)5-2/h6-24H,4-5H2,1-3H3/b18-14+,19-15+. The lowest BCUT2D eigenvalue weighted by Crippen LogP contribution is -1.93. The summed E-state index contributed by atoms with van der Waals surface area (Å²) in [7, 11) is 0. The van der Waals surface area contributed by atoms with E-state index >= 15 is 0 Å². The van der Waals surface area contributed by atoms with Crippen LogP contribution < -0.4 is 0 Å². The second kappa shape index (κ2) is 11.0. The first kappa shape index (κ1) is 26.3. The summed E-state index contributed by atoms with van der Waals surface area (Å²) in [5, 5.41) is 5.91. The first-order valence-corrected chi connectivity index (χ1v) is 15.7. The predicted molar refractivity (Wildman–Crippen MR) is 182 cm³/mol. The summed E-state index contributed by atoms with van der Waals surface area (Å²) in [6.07, 6.45) is 10.5.